The lowest BCUT2D eigenvalue weighted by atomic mass is 10.1. The van der Waals surface area contributed by atoms with E-state index in [1.807, 2.05) is 35.7 Å². The van der Waals surface area contributed by atoms with Crippen LogP contribution in [-0.2, 0) is 4.79 Å². The molecule has 1 fully saturated rings. The molecule has 0 aromatic heterocycles. The van der Waals surface area contributed by atoms with Crippen molar-refractivity contribution >= 4 is 29.4 Å². The first-order valence-electron chi connectivity index (χ1n) is 7.90. The van der Waals surface area contributed by atoms with Crippen LogP contribution in [0.1, 0.15) is 30.4 Å². The molecule has 1 saturated heterocycles. The molecule has 1 heterocycles. The molecule has 0 unspecified atom stereocenters. The molecular weight excluding hydrogens is 330 g/mol. The van der Waals surface area contributed by atoms with Crippen LogP contribution in [0.15, 0.2) is 18.2 Å². The van der Waals surface area contributed by atoms with Gasteiger partial charge in [0.05, 0.1) is 11.7 Å². The number of thioether (sulfide) groups is 2. The van der Waals surface area contributed by atoms with Crippen molar-refractivity contribution in [3.05, 3.63) is 23.8 Å². The molecule has 128 valence electrons. The molecule has 1 amide bonds. The monoisotopic (exact) mass is 355 g/mol. The summed E-state index contributed by atoms with van der Waals surface area (Å²) >= 11 is 3.91. The van der Waals surface area contributed by atoms with Crippen LogP contribution in [0.3, 0.4) is 0 Å². The Balaban J connectivity index is 1.88. The Morgan fingerprint density at radius 1 is 1.30 bits per heavy atom. The van der Waals surface area contributed by atoms with Gasteiger partial charge in [0.25, 0.3) is 5.91 Å². The minimum atomic E-state index is -0.0984. The largest absolute Gasteiger partial charge is 0.493 e. The van der Waals surface area contributed by atoms with Crippen molar-refractivity contribution in [3.63, 3.8) is 0 Å². The second-order valence-electron chi connectivity index (χ2n) is 5.80. The number of nitrogens with one attached hydrogen (secondary N) is 1. The molecule has 1 N–H and O–H groups in total. The molecule has 1 aliphatic rings. The topological polar surface area (TPSA) is 47.6 Å². The van der Waals surface area contributed by atoms with Crippen LogP contribution in [0.5, 0.6) is 11.5 Å². The quantitative estimate of drug-likeness (QED) is 0.770. The van der Waals surface area contributed by atoms with Crippen LogP contribution >= 0.6 is 23.5 Å². The maximum absolute atomic E-state index is 11.8. The van der Waals surface area contributed by atoms with E-state index in [0.29, 0.717) is 28.5 Å². The maximum atomic E-state index is 11.8. The lowest BCUT2D eigenvalue weighted by Crippen LogP contribution is -2.30. The minimum Gasteiger partial charge on any atom is -0.493 e. The summed E-state index contributed by atoms with van der Waals surface area (Å²) in [4.78, 5) is 11.8. The normalized spacial score (nSPS) is 15.0. The highest BCUT2D eigenvalue weighted by Gasteiger charge is 2.20. The van der Waals surface area contributed by atoms with E-state index >= 15 is 0 Å². The van der Waals surface area contributed by atoms with E-state index in [2.05, 4.69) is 25.2 Å². The summed E-state index contributed by atoms with van der Waals surface area (Å²) in [5.41, 5.74) is 1.24. The van der Waals surface area contributed by atoms with Gasteiger partial charge < -0.3 is 14.8 Å². The van der Waals surface area contributed by atoms with E-state index < -0.39 is 0 Å². The summed E-state index contributed by atoms with van der Waals surface area (Å²) in [6.07, 6.45) is 0.973. The fraction of sp³-hybridized carbons (Fsp3) is 0.588. The number of carbonyl (C=O) groups is 1. The lowest BCUT2D eigenvalue weighted by Gasteiger charge is -2.14. The third-order valence-corrected chi connectivity index (χ3v) is 6.59. The molecule has 0 saturated carbocycles. The average molecular weight is 356 g/mol. The van der Waals surface area contributed by atoms with Crippen molar-refractivity contribution in [1.29, 1.82) is 0 Å². The number of methoxy groups -OCH3 is 1. The number of hydrogen-bond donors (Lipinski definition) is 1. The molecule has 23 heavy (non-hydrogen) atoms. The second kappa shape index (κ2) is 9.33. The van der Waals surface area contributed by atoms with Gasteiger partial charge in [0, 0.05) is 18.1 Å². The van der Waals surface area contributed by atoms with Gasteiger partial charge in [0.1, 0.15) is 0 Å². The minimum absolute atomic E-state index is 0.0146. The first kappa shape index (κ1) is 18.3. The van der Waals surface area contributed by atoms with E-state index in [1.165, 1.54) is 17.1 Å². The van der Waals surface area contributed by atoms with Crippen LogP contribution in [0.4, 0.5) is 0 Å². The Bertz CT molecular complexity index is 517. The van der Waals surface area contributed by atoms with E-state index in [9.17, 15) is 4.79 Å². The van der Waals surface area contributed by atoms with Crippen LogP contribution < -0.4 is 14.8 Å². The summed E-state index contributed by atoms with van der Waals surface area (Å²) in [6, 6.07) is 5.97. The molecule has 4 nitrogen and oxygen atoms in total. The van der Waals surface area contributed by atoms with Gasteiger partial charge in [-0.05, 0) is 30.0 Å². The summed E-state index contributed by atoms with van der Waals surface area (Å²) in [6.45, 7) is 4.97. The summed E-state index contributed by atoms with van der Waals surface area (Å²) < 4.78 is 11.5. The number of rotatable bonds is 8. The Hall–Kier alpha value is -1.01. The van der Waals surface area contributed by atoms with Crippen LogP contribution in [0.2, 0.25) is 0 Å². The zero-order valence-corrected chi connectivity index (χ0v) is 15.6. The number of benzene rings is 1. The lowest BCUT2D eigenvalue weighted by molar-refractivity contribution is -0.123. The number of amides is 1. The molecule has 1 aromatic rings. The zero-order valence-electron chi connectivity index (χ0n) is 14.0. The molecule has 2 rings (SSSR count). The van der Waals surface area contributed by atoms with Gasteiger partial charge in [-0.15, -0.1) is 23.5 Å². The van der Waals surface area contributed by atoms with E-state index in [1.54, 1.807) is 7.11 Å². The van der Waals surface area contributed by atoms with Gasteiger partial charge in [-0.25, -0.2) is 0 Å². The van der Waals surface area contributed by atoms with E-state index in [4.69, 9.17) is 9.47 Å². The summed E-state index contributed by atoms with van der Waals surface area (Å²) in [7, 11) is 1.63. The van der Waals surface area contributed by atoms with Crippen molar-refractivity contribution in [2.24, 2.45) is 5.92 Å². The third-order valence-electron chi connectivity index (χ3n) is 3.48. The van der Waals surface area contributed by atoms with Crippen molar-refractivity contribution in [2.75, 3.05) is 31.8 Å². The Labute approximate surface area is 147 Å². The fourth-order valence-corrected chi connectivity index (χ4v) is 5.03. The van der Waals surface area contributed by atoms with E-state index in [0.717, 1.165) is 6.42 Å². The van der Waals surface area contributed by atoms with Gasteiger partial charge in [-0.2, -0.15) is 0 Å². The van der Waals surface area contributed by atoms with Crippen LogP contribution in [0.25, 0.3) is 0 Å². The van der Waals surface area contributed by atoms with Crippen molar-refractivity contribution in [3.8, 4) is 11.5 Å². The van der Waals surface area contributed by atoms with Gasteiger partial charge in [0.15, 0.2) is 18.1 Å². The highest BCUT2D eigenvalue weighted by atomic mass is 32.2. The van der Waals surface area contributed by atoms with E-state index in [-0.39, 0.29) is 12.5 Å². The molecule has 0 atom stereocenters. The molecule has 0 radical (unpaired) electrons. The molecule has 1 aliphatic heterocycles. The summed E-state index contributed by atoms with van der Waals surface area (Å²) in [5, 5.41) is 2.87. The van der Waals surface area contributed by atoms with Crippen molar-refractivity contribution in [2.45, 2.75) is 24.9 Å². The highest BCUT2D eigenvalue weighted by Crippen LogP contribution is 2.46. The third kappa shape index (κ3) is 5.84. The SMILES string of the molecule is COc1cc(C2SCCS2)ccc1OCC(=O)NCCC(C)C. The Morgan fingerprint density at radius 3 is 2.70 bits per heavy atom. The second-order valence-corrected chi connectivity index (χ2v) is 8.53. The maximum Gasteiger partial charge on any atom is 0.257 e. The smallest absolute Gasteiger partial charge is 0.257 e. The first-order valence-corrected chi connectivity index (χ1v) is 10.0. The Kier molecular flexibility index (Phi) is 7.43. The van der Waals surface area contributed by atoms with Crippen LogP contribution in [0, 0.1) is 5.92 Å². The number of ether oxygens (including phenoxy) is 2. The number of carbonyl (C=O) groups excluding carboxylic acids is 1. The van der Waals surface area contributed by atoms with Crippen molar-refractivity contribution in [1.82, 2.24) is 5.32 Å². The highest BCUT2D eigenvalue weighted by molar-refractivity contribution is 8.19. The molecular formula is C17H25NO3S2. The van der Waals surface area contributed by atoms with Gasteiger partial charge in [0.2, 0.25) is 0 Å². The fourth-order valence-electron chi connectivity index (χ4n) is 2.20. The average Bonchev–Trinajstić information content (AvgIpc) is 3.06. The summed E-state index contributed by atoms with van der Waals surface area (Å²) in [5.74, 6) is 4.15. The van der Waals surface area contributed by atoms with Gasteiger partial charge >= 0.3 is 0 Å². The first-order chi connectivity index (χ1) is 11.1. The predicted octanol–water partition coefficient (Wildman–Crippen LogP) is 3.71. The van der Waals surface area contributed by atoms with Crippen LogP contribution in [-0.4, -0.2) is 37.7 Å². The zero-order chi connectivity index (χ0) is 16.7. The predicted molar refractivity (Wildman–Crippen MR) is 98.6 cm³/mol. The number of hydrogen-bond acceptors (Lipinski definition) is 5. The van der Waals surface area contributed by atoms with Gasteiger partial charge in [-0.1, -0.05) is 19.9 Å². The molecule has 1 aromatic carbocycles. The Morgan fingerprint density at radius 2 is 2.04 bits per heavy atom. The van der Waals surface area contributed by atoms with Crippen molar-refractivity contribution < 1.29 is 14.3 Å². The molecule has 0 bridgehead atoms. The molecule has 6 heteroatoms. The standard InChI is InChI=1S/C17H25NO3S2/c1-12(2)6-7-18-16(19)11-21-14-5-4-13(10-15(14)20-3)17-22-8-9-23-17/h4-5,10,12,17H,6-9,11H2,1-3H3,(H,18,19). The molecule has 0 aliphatic carbocycles. The van der Waals surface area contributed by atoms with Gasteiger partial charge in [-0.3, -0.25) is 4.79 Å². The molecule has 0 spiro atoms.